The van der Waals surface area contributed by atoms with Crippen molar-refractivity contribution in [2.45, 2.75) is 33.3 Å². The maximum Gasteiger partial charge on any atom is 0.316 e. The van der Waals surface area contributed by atoms with Crippen molar-refractivity contribution in [1.29, 1.82) is 0 Å². The molecule has 0 bridgehead atoms. The summed E-state index contributed by atoms with van der Waals surface area (Å²) in [5.41, 5.74) is 0.938. The lowest BCUT2D eigenvalue weighted by Gasteiger charge is -2.13. The first-order valence-corrected chi connectivity index (χ1v) is 9.93. The van der Waals surface area contributed by atoms with Gasteiger partial charge in [-0.15, -0.1) is 0 Å². The molecule has 4 heteroatoms. The Bertz CT molecular complexity index is 992. The molecule has 0 heterocycles. The summed E-state index contributed by atoms with van der Waals surface area (Å²) < 4.78 is 15.7. The summed E-state index contributed by atoms with van der Waals surface area (Å²) in [7, 11) is -2.91. The fourth-order valence-electron chi connectivity index (χ4n) is 3.06. The molecule has 4 aromatic carbocycles. The van der Waals surface area contributed by atoms with E-state index in [-0.39, 0.29) is 6.61 Å². The third-order valence-corrected chi connectivity index (χ3v) is 4.86. The minimum absolute atomic E-state index is 0.155. The molecule has 0 aliphatic carbocycles. The molecule has 0 amide bonds. The highest BCUT2D eigenvalue weighted by molar-refractivity contribution is 7.32. The molecule has 0 aliphatic heterocycles. The molecule has 3 nitrogen and oxygen atoms in total. The first-order chi connectivity index (χ1) is 12.2. The number of benzene rings is 4. The lowest BCUT2D eigenvalue weighted by Crippen LogP contribution is -1.91. The molecule has 1 N–H and O–H groups in total. The van der Waals surface area contributed by atoms with Crippen molar-refractivity contribution in [3.8, 4) is 0 Å². The van der Waals surface area contributed by atoms with Gasteiger partial charge in [0, 0.05) is 0 Å². The minimum atomic E-state index is -2.91. The summed E-state index contributed by atoms with van der Waals surface area (Å²) in [5.74, 6) is 0. The lowest BCUT2D eigenvalue weighted by atomic mass is 9.92. The molecule has 0 fully saturated rings. The molecule has 0 aromatic heterocycles. The van der Waals surface area contributed by atoms with Crippen molar-refractivity contribution < 1.29 is 14.0 Å². The standard InChI is InChI=1S/C17H13O3P.C4H10/c18-21(19)20-10-14-7-6-13-5-4-11-2-1-3-12-8-9-15(14)17(13)16(11)12;1-3-4-2/h1-9,21H,10H2,(H,18,19);3-4H2,1-2H3. The molecule has 0 spiro atoms. The highest BCUT2D eigenvalue weighted by Crippen LogP contribution is 2.36. The van der Waals surface area contributed by atoms with Gasteiger partial charge in [0.2, 0.25) is 0 Å². The molecule has 4 rings (SSSR count). The lowest BCUT2D eigenvalue weighted by molar-refractivity contribution is 0.273. The Morgan fingerprint density at radius 2 is 1.40 bits per heavy atom. The molecule has 0 radical (unpaired) electrons. The molecular formula is C21H23O3P. The summed E-state index contributed by atoms with van der Waals surface area (Å²) in [6.07, 6.45) is 2.64. The van der Waals surface area contributed by atoms with Crippen LogP contribution in [-0.4, -0.2) is 4.89 Å². The smallest absolute Gasteiger partial charge is 0.316 e. The SMILES string of the molecule is CCCC.O=[PH](O)OCc1ccc2ccc3cccc4ccc1c2c34. The van der Waals surface area contributed by atoms with Gasteiger partial charge in [0.15, 0.2) is 0 Å². The second-order valence-corrected chi connectivity index (χ2v) is 6.96. The van der Waals surface area contributed by atoms with Crippen LogP contribution in [0.5, 0.6) is 0 Å². The van der Waals surface area contributed by atoms with Crippen LogP contribution in [0, 0.1) is 0 Å². The Balaban J connectivity index is 0.000000415. The predicted octanol–water partition coefficient (Wildman–Crippen LogP) is 6.29. The van der Waals surface area contributed by atoms with E-state index >= 15 is 0 Å². The van der Waals surface area contributed by atoms with E-state index in [2.05, 4.69) is 56.3 Å². The van der Waals surface area contributed by atoms with E-state index < -0.39 is 8.25 Å². The van der Waals surface area contributed by atoms with Gasteiger partial charge < -0.3 is 9.42 Å². The van der Waals surface area contributed by atoms with Crippen LogP contribution in [0.4, 0.5) is 0 Å². The third kappa shape index (κ3) is 3.69. The Kier molecular flexibility index (Phi) is 5.70. The minimum Gasteiger partial charge on any atom is -0.326 e. The molecule has 1 unspecified atom stereocenters. The summed E-state index contributed by atoms with van der Waals surface area (Å²) >= 11 is 0. The predicted molar refractivity (Wildman–Crippen MR) is 107 cm³/mol. The molecule has 0 saturated heterocycles. The van der Waals surface area contributed by atoms with Crippen LogP contribution < -0.4 is 0 Å². The van der Waals surface area contributed by atoms with Crippen LogP contribution in [0.25, 0.3) is 32.3 Å². The Hall–Kier alpha value is -1.93. The van der Waals surface area contributed by atoms with Crippen LogP contribution in [0.2, 0.25) is 0 Å². The summed E-state index contributed by atoms with van der Waals surface area (Å²) in [5, 5.41) is 7.11. The number of rotatable bonds is 4. The van der Waals surface area contributed by atoms with Gasteiger partial charge in [-0.1, -0.05) is 81.3 Å². The van der Waals surface area contributed by atoms with Gasteiger partial charge in [0.25, 0.3) is 0 Å². The quantitative estimate of drug-likeness (QED) is 0.346. The topological polar surface area (TPSA) is 46.5 Å². The molecule has 4 aromatic rings. The van der Waals surface area contributed by atoms with Gasteiger partial charge >= 0.3 is 8.25 Å². The van der Waals surface area contributed by atoms with Crippen molar-refractivity contribution in [1.82, 2.24) is 0 Å². The first-order valence-electron chi connectivity index (χ1n) is 8.66. The number of hydrogen-bond donors (Lipinski definition) is 1. The normalized spacial score (nSPS) is 12.4. The Morgan fingerprint density at radius 1 is 0.840 bits per heavy atom. The van der Waals surface area contributed by atoms with E-state index in [1.54, 1.807) is 0 Å². The molecule has 0 saturated carbocycles. The third-order valence-electron chi connectivity index (χ3n) is 4.47. The maximum atomic E-state index is 10.8. The van der Waals surface area contributed by atoms with E-state index in [0.717, 1.165) is 10.9 Å². The summed E-state index contributed by atoms with van der Waals surface area (Å²) in [6, 6.07) is 18.7. The van der Waals surface area contributed by atoms with E-state index in [1.807, 2.05) is 12.1 Å². The van der Waals surface area contributed by atoms with Crippen LogP contribution in [0.3, 0.4) is 0 Å². The van der Waals surface area contributed by atoms with Crippen LogP contribution in [0.1, 0.15) is 32.3 Å². The molecule has 1 atom stereocenters. The molecule has 0 aliphatic rings. The van der Waals surface area contributed by atoms with Crippen molar-refractivity contribution in [3.63, 3.8) is 0 Å². The average Bonchev–Trinajstić information content (AvgIpc) is 2.65. The zero-order valence-corrected chi connectivity index (χ0v) is 15.6. The fourth-order valence-corrected chi connectivity index (χ4v) is 3.34. The van der Waals surface area contributed by atoms with Gasteiger partial charge in [-0.2, -0.15) is 0 Å². The maximum absolute atomic E-state index is 10.8. The number of unbranched alkanes of at least 4 members (excludes halogenated alkanes) is 1. The van der Waals surface area contributed by atoms with E-state index in [4.69, 9.17) is 9.42 Å². The van der Waals surface area contributed by atoms with Gasteiger partial charge in [0.1, 0.15) is 0 Å². The average molecular weight is 354 g/mol. The largest absolute Gasteiger partial charge is 0.326 e. The van der Waals surface area contributed by atoms with Gasteiger partial charge in [-0.05, 0) is 37.9 Å². The molecule has 130 valence electrons. The Labute approximate surface area is 148 Å². The molecule has 25 heavy (non-hydrogen) atoms. The van der Waals surface area contributed by atoms with E-state index in [9.17, 15) is 4.57 Å². The molecular weight excluding hydrogens is 331 g/mol. The van der Waals surface area contributed by atoms with Crippen LogP contribution in [0.15, 0.2) is 54.6 Å². The van der Waals surface area contributed by atoms with Gasteiger partial charge in [-0.25, -0.2) is 0 Å². The zero-order chi connectivity index (χ0) is 17.8. The van der Waals surface area contributed by atoms with Gasteiger partial charge in [0.05, 0.1) is 6.61 Å². The zero-order valence-electron chi connectivity index (χ0n) is 14.6. The second kappa shape index (κ2) is 7.97. The van der Waals surface area contributed by atoms with Crippen molar-refractivity contribution in [2.75, 3.05) is 0 Å². The summed E-state index contributed by atoms with van der Waals surface area (Å²) in [4.78, 5) is 8.88. The van der Waals surface area contributed by atoms with Crippen molar-refractivity contribution in [2.24, 2.45) is 0 Å². The van der Waals surface area contributed by atoms with Gasteiger partial charge in [-0.3, -0.25) is 4.57 Å². The Morgan fingerprint density at radius 3 is 2.00 bits per heavy atom. The monoisotopic (exact) mass is 354 g/mol. The first kappa shape index (κ1) is 17.9. The van der Waals surface area contributed by atoms with Crippen molar-refractivity contribution in [3.05, 3.63) is 60.2 Å². The highest BCUT2D eigenvalue weighted by Gasteiger charge is 2.10. The fraction of sp³-hybridized carbons (Fsp3) is 0.238. The summed E-state index contributed by atoms with van der Waals surface area (Å²) in [6.45, 7) is 4.52. The van der Waals surface area contributed by atoms with E-state index in [0.29, 0.717) is 0 Å². The highest BCUT2D eigenvalue weighted by atomic mass is 31.1. The van der Waals surface area contributed by atoms with Crippen molar-refractivity contribution >= 4 is 40.6 Å². The second-order valence-electron chi connectivity index (χ2n) is 6.14. The van der Waals surface area contributed by atoms with Crippen LogP contribution >= 0.6 is 8.25 Å². The number of hydrogen-bond acceptors (Lipinski definition) is 2. The van der Waals surface area contributed by atoms with E-state index in [1.165, 1.54) is 39.8 Å². The van der Waals surface area contributed by atoms with Crippen LogP contribution in [-0.2, 0) is 15.7 Å².